The van der Waals surface area contributed by atoms with Crippen molar-refractivity contribution in [2.24, 2.45) is 0 Å². The van der Waals surface area contributed by atoms with Crippen molar-refractivity contribution >= 4 is 0 Å². The minimum atomic E-state index is -0.372. The van der Waals surface area contributed by atoms with Gasteiger partial charge in [-0.25, -0.2) is 9.97 Å². The van der Waals surface area contributed by atoms with Gasteiger partial charge in [0.25, 0.3) is 0 Å². The van der Waals surface area contributed by atoms with Crippen LogP contribution in [0.3, 0.4) is 0 Å². The van der Waals surface area contributed by atoms with E-state index in [4.69, 9.17) is 0 Å². The lowest BCUT2D eigenvalue weighted by Crippen LogP contribution is -1.94. The number of aromatic nitrogens is 2. The highest BCUT2D eigenvalue weighted by Crippen LogP contribution is 2.37. The van der Waals surface area contributed by atoms with Crippen LogP contribution in [0.2, 0.25) is 0 Å². The smallest absolute Gasteiger partial charge is 0.115 e. The number of hydrogen-bond acceptors (Lipinski definition) is 3. The van der Waals surface area contributed by atoms with Crippen LogP contribution in [0.15, 0.2) is 12.5 Å². The van der Waals surface area contributed by atoms with Gasteiger partial charge < -0.3 is 5.11 Å². The second-order valence-electron chi connectivity index (χ2n) is 3.02. The van der Waals surface area contributed by atoms with E-state index in [0.717, 1.165) is 17.7 Å². The zero-order valence-electron chi connectivity index (χ0n) is 6.36. The molecular weight excluding hydrogens is 140 g/mol. The molecule has 1 aromatic rings. The van der Waals surface area contributed by atoms with Gasteiger partial charge in [0.15, 0.2) is 0 Å². The van der Waals surface area contributed by atoms with E-state index in [2.05, 4.69) is 16.9 Å². The Bertz CT molecular complexity index is 248. The first-order valence-corrected chi connectivity index (χ1v) is 3.77. The molecule has 2 atom stereocenters. The van der Waals surface area contributed by atoms with Gasteiger partial charge in [-0.2, -0.15) is 0 Å². The van der Waals surface area contributed by atoms with Gasteiger partial charge in [0.05, 0.1) is 11.8 Å². The predicted octanol–water partition coefficient (Wildman–Crippen LogP) is 1.02. The normalized spacial score (nSPS) is 28.5. The maximum absolute atomic E-state index is 9.46. The van der Waals surface area contributed by atoms with Crippen molar-refractivity contribution in [1.29, 1.82) is 0 Å². The summed E-state index contributed by atoms with van der Waals surface area (Å²) in [6.45, 7) is 2.08. The standard InChI is InChI=1S/C8H10N2O/c1-5-2-7(11)8-6(5)3-9-4-10-8/h3-5,7,11H,2H2,1H3/t5-,7?/m0/s1. The largest absolute Gasteiger partial charge is 0.387 e. The second-order valence-corrected chi connectivity index (χ2v) is 3.02. The van der Waals surface area contributed by atoms with Crippen molar-refractivity contribution in [2.45, 2.75) is 25.4 Å². The summed E-state index contributed by atoms with van der Waals surface area (Å²) in [5.41, 5.74) is 1.91. The molecule has 0 bridgehead atoms. The number of hydrogen-bond donors (Lipinski definition) is 1. The molecule has 1 aromatic heterocycles. The molecule has 3 nitrogen and oxygen atoms in total. The molecule has 0 saturated heterocycles. The van der Waals surface area contributed by atoms with E-state index in [1.54, 1.807) is 6.20 Å². The molecule has 1 N–H and O–H groups in total. The van der Waals surface area contributed by atoms with Crippen LogP contribution in [0.5, 0.6) is 0 Å². The van der Waals surface area contributed by atoms with Gasteiger partial charge in [0.1, 0.15) is 6.33 Å². The third-order valence-corrected chi connectivity index (χ3v) is 2.20. The highest BCUT2D eigenvalue weighted by atomic mass is 16.3. The molecule has 0 radical (unpaired) electrons. The van der Waals surface area contributed by atoms with E-state index in [0.29, 0.717) is 5.92 Å². The molecule has 0 aromatic carbocycles. The van der Waals surface area contributed by atoms with E-state index in [-0.39, 0.29) is 6.10 Å². The molecule has 0 aliphatic heterocycles. The minimum Gasteiger partial charge on any atom is -0.387 e. The molecule has 1 aliphatic rings. The highest BCUT2D eigenvalue weighted by molar-refractivity contribution is 5.27. The minimum absolute atomic E-state index is 0.372. The SMILES string of the molecule is C[C@H]1CC(O)c2ncncc21. The molecule has 1 aliphatic carbocycles. The average Bonchev–Trinajstić information content (AvgIpc) is 2.30. The maximum Gasteiger partial charge on any atom is 0.115 e. The van der Waals surface area contributed by atoms with Crippen LogP contribution in [0.4, 0.5) is 0 Å². The van der Waals surface area contributed by atoms with Crippen molar-refractivity contribution in [3.63, 3.8) is 0 Å². The fourth-order valence-corrected chi connectivity index (χ4v) is 1.58. The second kappa shape index (κ2) is 2.27. The van der Waals surface area contributed by atoms with E-state index in [9.17, 15) is 5.11 Å². The Kier molecular flexibility index (Phi) is 1.39. The molecular formula is C8H10N2O. The molecule has 11 heavy (non-hydrogen) atoms. The van der Waals surface area contributed by atoms with E-state index >= 15 is 0 Å². The van der Waals surface area contributed by atoms with Crippen LogP contribution in [0, 0.1) is 0 Å². The number of nitrogens with zero attached hydrogens (tertiary/aromatic N) is 2. The van der Waals surface area contributed by atoms with E-state index in [1.807, 2.05) is 0 Å². The lowest BCUT2D eigenvalue weighted by atomic mass is 10.1. The number of rotatable bonds is 0. The molecule has 58 valence electrons. The summed E-state index contributed by atoms with van der Waals surface area (Å²) in [6, 6.07) is 0. The van der Waals surface area contributed by atoms with Crippen molar-refractivity contribution in [2.75, 3.05) is 0 Å². The third-order valence-electron chi connectivity index (χ3n) is 2.20. The van der Waals surface area contributed by atoms with Gasteiger partial charge in [-0.15, -0.1) is 0 Å². The summed E-state index contributed by atoms with van der Waals surface area (Å²) in [4.78, 5) is 7.95. The first-order chi connectivity index (χ1) is 5.29. The van der Waals surface area contributed by atoms with Crippen LogP contribution in [-0.4, -0.2) is 15.1 Å². The van der Waals surface area contributed by atoms with Crippen LogP contribution in [-0.2, 0) is 0 Å². The van der Waals surface area contributed by atoms with Crippen LogP contribution < -0.4 is 0 Å². The van der Waals surface area contributed by atoms with Crippen molar-refractivity contribution in [3.05, 3.63) is 23.8 Å². The van der Waals surface area contributed by atoms with Crippen LogP contribution >= 0.6 is 0 Å². The Morgan fingerprint density at radius 1 is 1.64 bits per heavy atom. The van der Waals surface area contributed by atoms with Crippen LogP contribution in [0.25, 0.3) is 0 Å². The summed E-state index contributed by atoms with van der Waals surface area (Å²) >= 11 is 0. The van der Waals surface area contributed by atoms with Gasteiger partial charge >= 0.3 is 0 Å². The van der Waals surface area contributed by atoms with Crippen molar-refractivity contribution in [1.82, 2.24) is 9.97 Å². The quantitative estimate of drug-likeness (QED) is 0.600. The fraction of sp³-hybridized carbons (Fsp3) is 0.500. The van der Waals surface area contributed by atoms with Crippen LogP contribution in [0.1, 0.15) is 36.6 Å². The monoisotopic (exact) mass is 150 g/mol. The van der Waals surface area contributed by atoms with E-state index in [1.165, 1.54) is 6.33 Å². The van der Waals surface area contributed by atoms with Gasteiger partial charge in [-0.05, 0) is 17.9 Å². The van der Waals surface area contributed by atoms with Gasteiger partial charge in [0.2, 0.25) is 0 Å². The lowest BCUT2D eigenvalue weighted by Gasteiger charge is -1.99. The lowest BCUT2D eigenvalue weighted by molar-refractivity contribution is 0.170. The molecule has 1 unspecified atom stereocenters. The first-order valence-electron chi connectivity index (χ1n) is 3.77. The zero-order chi connectivity index (χ0) is 7.84. The molecule has 3 heteroatoms. The van der Waals surface area contributed by atoms with Gasteiger partial charge in [0, 0.05) is 6.20 Å². The first kappa shape index (κ1) is 6.73. The molecule has 0 spiro atoms. The Hall–Kier alpha value is -0.960. The molecule has 1 heterocycles. The Balaban J connectivity index is 2.52. The number of aliphatic hydroxyl groups is 1. The maximum atomic E-state index is 9.46. The van der Waals surface area contributed by atoms with Gasteiger partial charge in [-0.1, -0.05) is 6.92 Å². The highest BCUT2D eigenvalue weighted by Gasteiger charge is 2.27. The summed E-state index contributed by atoms with van der Waals surface area (Å²) in [5, 5.41) is 9.46. The molecule has 0 amide bonds. The topological polar surface area (TPSA) is 46.0 Å². The Morgan fingerprint density at radius 3 is 3.18 bits per heavy atom. The van der Waals surface area contributed by atoms with Crippen molar-refractivity contribution in [3.8, 4) is 0 Å². The number of fused-ring (bicyclic) bond motifs is 1. The zero-order valence-corrected chi connectivity index (χ0v) is 6.36. The summed E-state index contributed by atoms with van der Waals surface area (Å²) in [6.07, 6.45) is 3.69. The predicted molar refractivity (Wildman–Crippen MR) is 40.0 cm³/mol. The average molecular weight is 150 g/mol. The van der Waals surface area contributed by atoms with Crippen molar-refractivity contribution < 1.29 is 5.11 Å². The Morgan fingerprint density at radius 2 is 2.45 bits per heavy atom. The summed E-state index contributed by atoms with van der Waals surface area (Å²) < 4.78 is 0. The number of aliphatic hydroxyl groups excluding tert-OH is 1. The summed E-state index contributed by atoms with van der Waals surface area (Å²) in [7, 11) is 0. The molecule has 2 rings (SSSR count). The molecule has 0 saturated carbocycles. The third kappa shape index (κ3) is 0.922. The Labute approximate surface area is 65.1 Å². The van der Waals surface area contributed by atoms with E-state index < -0.39 is 0 Å². The fourth-order valence-electron chi connectivity index (χ4n) is 1.58. The van der Waals surface area contributed by atoms with Gasteiger partial charge in [-0.3, -0.25) is 0 Å². The molecule has 0 fully saturated rings. The summed E-state index contributed by atoms with van der Waals surface area (Å²) in [5.74, 6) is 0.404.